The second-order valence-electron chi connectivity index (χ2n) is 5.07. The number of nitrogens with two attached hydrogens (primary N) is 1. The van der Waals surface area contributed by atoms with Gasteiger partial charge in [0, 0.05) is 17.5 Å². The Balaban J connectivity index is 2.08. The molecule has 0 aromatic heterocycles. The van der Waals surface area contributed by atoms with Gasteiger partial charge in [-0.2, -0.15) is 0 Å². The molecular weight excluding hydrogens is 250 g/mol. The molecule has 3 rings (SSSR count). The summed E-state index contributed by atoms with van der Waals surface area (Å²) in [5.41, 5.74) is 4.03. The Hall–Kier alpha value is -2.00. The quantitative estimate of drug-likeness (QED) is 0.924. The van der Waals surface area contributed by atoms with E-state index < -0.39 is 0 Å². The van der Waals surface area contributed by atoms with Crippen LogP contribution in [0, 0.1) is 0 Å². The number of benzene rings is 2. The maximum absolute atomic E-state index is 5.45. The number of hydrogen-bond acceptors (Lipinski definition) is 2. The van der Waals surface area contributed by atoms with Gasteiger partial charge in [0.05, 0.1) is 20.8 Å². The van der Waals surface area contributed by atoms with Crippen LogP contribution in [0.4, 0.5) is 0 Å². The predicted octanol–water partition coefficient (Wildman–Crippen LogP) is 1.91. The summed E-state index contributed by atoms with van der Waals surface area (Å²) in [6.07, 6.45) is 1.07. The molecule has 0 unspecified atom stereocenters. The Labute approximate surface area is 119 Å². The van der Waals surface area contributed by atoms with E-state index >= 15 is 0 Å². The Morgan fingerprint density at radius 1 is 1.00 bits per heavy atom. The summed E-state index contributed by atoms with van der Waals surface area (Å²) in [6.45, 7) is 1.10. The second kappa shape index (κ2) is 5.55. The average molecular weight is 270 g/mol. The molecule has 0 aliphatic carbocycles. The van der Waals surface area contributed by atoms with Crippen molar-refractivity contribution in [1.29, 1.82) is 0 Å². The highest BCUT2D eigenvalue weighted by Gasteiger charge is 2.26. The van der Waals surface area contributed by atoms with Gasteiger partial charge in [0.1, 0.15) is 6.04 Å². The molecule has 0 spiro atoms. The maximum atomic E-state index is 5.45. The topological polar surface area (TPSA) is 35.1 Å². The molecule has 1 heterocycles. The number of methoxy groups -OCH3 is 2. The molecule has 2 N–H and O–H groups in total. The molecule has 0 bridgehead atoms. The summed E-state index contributed by atoms with van der Waals surface area (Å²) >= 11 is 0. The highest BCUT2D eigenvalue weighted by atomic mass is 16.5. The lowest BCUT2D eigenvalue weighted by Gasteiger charge is -2.25. The van der Waals surface area contributed by atoms with E-state index in [4.69, 9.17) is 9.47 Å². The van der Waals surface area contributed by atoms with Crippen LogP contribution in [-0.2, 0) is 6.42 Å². The third-order valence-electron chi connectivity index (χ3n) is 3.96. The number of rotatable bonds is 3. The van der Waals surface area contributed by atoms with E-state index in [1.165, 1.54) is 16.7 Å². The van der Waals surface area contributed by atoms with E-state index in [-0.39, 0.29) is 0 Å². The largest absolute Gasteiger partial charge is 0.493 e. The summed E-state index contributed by atoms with van der Waals surface area (Å²) < 4.78 is 10.9. The van der Waals surface area contributed by atoms with Gasteiger partial charge in [-0.25, -0.2) is 0 Å². The Morgan fingerprint density at radius 2 is 1.70 bits per heavy atom. The fourth-order valence-electron chi connectivity index (χ4n) is 2.95. The van der Waals surface area contributed by atoms with Crippen LogP contribution in [0.25, 0.3) is 0 Å². The van der Waals surface area contributed by atoms with Crippen molar-refractivity contribution in [2.45, 2.75) is 12.5 Å². The van der Waals surface area contributed by atoms with Gasteiger partial charge >= 0.3 is 0 Å². The van der Waals surface area contributed by atoms with E-state index in [0.29, 0.717) is 6.04 Å². The summed E-state index contributed by atoms with van der Waals surface area (Å²) in [5.74, 6) is 1.63. The van der Waals surface area contributed by atoms with Gasteiger partial charge in [0.2, 0.25) is 0 Å². The molecule has 0 saturated carbocycles. The first-order valence-corrected chi connectivity index (χ1v) is 6.96. The van der Waals surface area contributed by atoms with Gasteiger partial charge in [0.25, 0.3) is 0 Å². The van der Waals surface area contributed by atoms with Gasteiger partial charge in [-0.3, -0.25) is 0 Å². The van der Waals surface area contributed by atoms with Crippen molar-refractivity contribution >= 4 is 0 Å². The molecular formula is C17H20NO2+. The smallest absolute Gasteiger partial charge is 0.161 e. The molecule has 0 fully saturated rings. The molecule has 3 heteroatoms. The number of ether oxygens (including phenoxy) is 2. The molecule has 0 saturated heterocycles. The monoisotopic (exact) mass is 270 g/mol. The third kappa shape index (κ3) is 2.25. The third-order valence-corrected chi connectivity index (χ3v) is 3.96. The molecule has 3 nitrogen and oxygen atoms in total. The normalized spacial score (nSPS) is 17.4. The zero-order valence-corrected chi connectivity index (χ0v) is 11.9. The summed E-state index contributed by atoms with van der Waals surface area (Å²) in [6, 6.07) is 15.2. The lowest BCUT2D eigenvalue weighted by Crippen LogP contribution is -2.87. The van der Waals surface area contributed by atoms with Crippen LogP contribution in [0.15, 0.2) is 42.5 Å². The van der Waals surface area contributed by atoms with E-state index in [0.717, 1.165) is 24.5 Å². The number of hydrogen-bond donors (Lipinski definition) is 1. The highest BCUT2D eigenvalue weighted by molar-refractivity contribution is 5.50. The summed E-state index contributed by atoms with van der Waals surface area (Å²) in [7, 11) is 3.38. The van der Waals surface area contributed by atoms with Crippen molar-refractivity contribution < 1.29 is 14.8 Å². The molecule has 20 heavy (non-hydrogen) atoms. The first kappa shape index (κ1) is 13.0. The van der Waals surface area contributed by atoms with Gasteiger partial charge < -0.3 is 14.8 Å². The molecule has 2 aromatic carbocycles. The van der Waals surface area contributed by atoms with Crippen molar-refractivity contribution in [2.24, 2.45) is 0 Å². The fraction of sp³-hybridized carbons (Fsp3) is 0.294. The summed E-state index contributed by atoms with van der Waals surface area (Å²) in [5, 5.41) is 2.39. The lowest BCUT2D eigenvalue weighted by atomic mass is 9.89. The lowest BCUT2D eigenvalue weighted by molar-refractivity contribution is -0.690. The van der Waals surface area contributed by atoms with E-state index in [2.05, 4.69) is 47.8 Å². The van der Waals surface area contributed by atoms with Crippen molar-refractivity contribution in [1.82, 2.24) is 0 Å². The molecule has 0 amide bonds. The minimum absolute atomic E-state index is 0.347. The Bertz CT molecular complexity index is 595. The van der Waals surface area contributed by atoms with Crippen molar-refractivity contribution in [3.8, 4) is 11.5 Å². The Morgan fingerprint density at radius 3 is 2.40 bits per heavy atom. The highest BCUT2D eigenvalue weighted by Crippen LogP contribution is 2.35. The second-order valence-corrected chi connectivity index (χ2v) is 5.07. The first-order valence-electron chi connectivity index (χ1n) is 6.96. The van der Waals surface area contributed by atoms with Gasteiger partial charge in [0.15, 0.2) is 11.5 Å². The molecule has 2 aromatic rings. The molecule has 1 aliphatic rings. The van der Waals surface area contributed by atoms with Gasteiger partial charge in [-0.15, -0.1) is 0 Å². The van der Waals surface area contributed by atoms with Gasteiger partial charge in [-0.05, 0) is 17.7 Å². The standard InChI is InChI=1S/C17H19NO2/c1-19-15-10-13-8-9-18-17(12-6-4-3-5-7-12)14(13)11-16(15)20-2/h3-7,10-11,17-18H,8-9H2,1-2H3/p+1/t17-/m1/s1. The predicted molar refractivity (Wildman–Crippen MR) is 78.3 cm³/mol. The van der Waals surface area contributed by atoms with Crippen molar-refractivity contribution in [3.05, 3.63) is 59.2 Å². The molecule has 104 valence electrons. The van der Waals surface area contributed by atoms with Crippen LogP contribution >= 0.6 is 0 Å². The summed E-state index contributed by atoms with van der Waals surface area (Å²) in [4.78, 5) is 0. The van der Waals surface area contributed by atoms with Gasteiger partial charge in [-0.1, -0.05) is 30.3 Å². The van der Waals surface area contributed by atoms with Crippen LogP contribution < -0.4 is 14.8 Å². The zero-order chi connectivity index (χ0) is 13.9. The van der Waals surface area contributed by atoms with Crippen LogP contribution in [0.5, 0.6) is 11.5 Å². The van der Waals surface area contributed by atoms with Crippen LogP contribution in [-0.4, -0.2) is 20.8 Å². The van der Waals surface area contributed by atoms with Crippen molar-refractivity contribution in [2.75, 3.05) is 20.8 Å². The molecule has 1 aliphatic heterocycles. The fourth-order valence-corrected chi connectivity index (χ4v) is 2.95. The maximum Gasteiger partial charge on any atom is 0.161 e. The van der Waals surface area contributed by atoms with E-state index in [9.17, 15) is 0 Å². The zero-order valence-electron chi connectivity index (χ0n) is 11.9. The average Bonchev–Trinajstić information content (AvgIpc) is 2.53. The number of fused-ring (bicyclic) bond motifs is 1. The van der Waals surface area contributed by atoms with Crippen molar-refractivity contribution in [3.63, 3.8) is 0 Å². The SMILES string of the molecule is COc1cc2c(cc1OC)[C@@H](c1ccccc1)[NH2+]CC2. The molecule has 0 radical (unpaired) electrons. The van der Waals surface area contributed by atoms with E-state index in [1.54, 1.807) is 14.2 Å². The van der Waals surface area contributed by atoms with Crippen LogP contribution in [0.3, 0.4) is 0 Å². The number of quaternary nitrogens is 1. The van der Waals surface area contributed by atoms with Crippen LogP contribution in [0.1, 0.15) is 22.7 Å². The minimum atomic E-state index is 0.347. The Kier molecular flexibility index (Phi) is 3.61. The van der Waals surface area contributed by atoms with Crippen LogP contribution in [0.2, 0.25) is 0 Å². The first-order chi connectivity index (χ1) is 9.83. The minimum Gasteiger partial charge on any atom is -0.493 e. The van der Waals surface area contributed by atoms with E-state index in [1.807, 2.05) is 0 Å². The molecule has 1 atom stereocenters.